The summed E-state index contributed by atoms with van der Waals surface area (Å²) >= 11 is 0. The molecule has 0 aliphatic heterocycles. The zero-order chi connectivity index (χ0) is 12.6. The van der Waals surface area contributed by atoms with Crippen molar-refractivity contribution in [2.45, 2.75) is 77.6 Å². The smallest absolute Gasteiger partial charge is 0.00489 e. The fourth-order valence-corrected chi connectivity index (χ4v) is 2.08. The molecule has 0 rings (SSSR count). The van der Waals surface area contributed by atoms with Gasteiger partial charge in [0.15, 0.2) is 0 Å². The maximum Gasteiger partial charge on any atom is -0.00489 e. The number of rotatable bonds is 14. The molecular weight excluding hydrogens is 208 g/mol. The van der Waals surface area contributed by atoms with E-state index in [9.17, 15) is 0 Å². The molecule has 0 unspecified atom stereocenters. The van der Waals surface area contributed by atoms with Crippen LogP contribution in [0.2, 0.25) is 0 Å². The van der Waals surface area contributed by atoms with Gasteiger partial charge in [0.2, 0.25) is 0 Å². The van der Waals surface area contributed by atoms with Crippen LogP contribution in [0.5, 0.6) is 0 Å². The van der Waals surface area contributed by atoms with Crippen LogP contribution in [0.15, 0.2) is 0 Å². The number of hydrogen-bond donors (Lipinski definition) is 2. The highest BCUT2D eigenvalue weighted by molar-refractivity contribution is 4.51. The Hall–Kier alpha value is -0.0800. The summed E-state index contributed by atoms with van der Waals surface area (Å²) in [6.45, 7) is 5.56. The van der Waals surface area contributed by atoms with Gasteiger partial charge in [0.1, 0.15) is 0 Å². The fourth-order valence-electron chi connectivity index (χ4n) is 2.08. The van der Waals surface area contributed by atoms with Crippen LogP contribution in [0.4, 0.5) is 0 Å². The minimum atomic E-state index is 0.861. The number of unbranched alkanes of at least 4 members (excludes halogenated alkanes) is 9. The van der Waals surface area contributed by atoms with E-state index in [4.69, 9.17) is 5.73 Å². The molecule has 104 valence electrons. The van der Waals surface area contributed by atoms with Crippen LogP contribution >= 0.6 is 0 Å². The third-order valence-electron chi connectivity index (χ3n) is 3.26. The molecule has 0 saturated heterocycles. The Morgan fingerprint density at radius 1 is 0.647 bits per heavy atom. The minimum Gasteiger partial charge on any atom is -0.330 e. The Balaban J connectivity index is 2.85. The van der Waals surface area contributed by atoms with Gasteiger partial charge in [-0.2, -0.15) is 0 Å². The van der Waals surface area contributed by atoms with Crippen molar-refractivity contribution in [3.05, 3.63) is 0 Å². The van der Waals surface area contributed by atoms with Gasteiger partial charge in [0, 0.05) is 0 Å². The summed E-state index contributed by atoms with van der Waals surface area (Å²) in [6.07, 6.45) is 14.9. The first-order chi connectivity index (χ1) is 8.41. The van der Waals surface area contributed by atoms with Gasteiger partial charge < -0.3 is 11.1 Å². The predicted octanol–water partition coefficient (Wildman–Crippen LogP) is 3.85. The molecule has 0 fully saturated rings. The van der Waals surface area contributed by atoms with Crippen LogP contribution < -0.4 is 11.1 Å². The molecular formula is C15H34N2. The molecule has 0 bridgehead atoms. The first-order valence-corrected chi connectivity index (χ1v) is 7.82. The molecule has 0 aromatic carbocycles. The van der Waals surface area contributed by atoms with E-state index < -0.39 is 0 Å². The third-order valence-corrected chi connectivity index (χ3v) is 3.26. The lowest BCUT2D eigenvalue weighted by Crippen LogP contribution is -2.16. The standard InChI is InChI=1S/C15H34N2/c1-2-3-4-8-11-14-17-15-12-9-6-5-7-10-13-16/h17H,2-16H2,1H3. The van der Waals surface area contributed by atoms with E-state index in [1.165, 1.54) is 83.7 Å². The van der Waals surface area contributed by atoms with E-state index in [2.05, 4.69) is 12.2 Å². The van der Waals surface area contributed by atoms with Crippen LogP contribution in [0.1, 0.15) is 77.6 Å². The summed E-state index contributed by atoms with van der Waals surface area (Å²) in [4.78, 5) is 0. The molecule has 0 aromatic heterocycles. The van der Waals surface area contributed by atoms with Gasteiger partial charge in [0.05, 0.1) is 0 Å². The van der Waals surface area contributed by atoms with E-state index in [1.54, 1.807) is 0 Å². The average Bonchev–Trinajstić information content (AvgIpc) is 2.35. The van der Waals surface area contributed by atoms with Gasteiger partial charge >= 0.3 is 0 Å². The molecule has 0 radical (unpaired) electrons. The van der Waals surface area contributed by atoms with E-state index in [-0.39, 0.29) is 0 Å². The van der Waals surface area contributed by atoms with Crippen molar-refractivity contribution in [2.24, 2.45) is 5.73 Å². The van der Waals surface area contributed by atoms with Gasteiger partial charge in [-0.1, -0.05) is 58.3 Å². The third kappa shape index (κ3) is 15.9. The SMILES string of the molecule is CCCCCCCNCCCCCCCCN. The molecule has 2 heteroatoms. The fraction of sp³-hybridized carbons (Fsp3) is 1.00. The Bertz CT molecular complexity index is 112. The molecule has 0 saturated carbocycles. The minimum absolute atomic E-state index is 0.861. The number of nitrogens with one attached hydrogen (secondary N) is 1. The lowest BCUT2D eigenvalue weighted by atomic mass is 10.1. The Morgan fingerprint density at radius 3 is 1.65 bits per heavy atom. The summed E-state index contributed by atoms with van der Waals surface area (Å²) < 4.78 is 0. The molecule has 17 heavy (non-hydrogen) atoms. The molecule has 0 aromatic rings. The predicted molar refractivity (Wildman–Crippen MR) is 78.4 cm³/mol. The molecule has 0 heterocycles. The van der Waals surface area contributed by atoms with E-state index >= 15 is 0 Å². The van der Waals surface area contributed by atoms with Crippen molar-refractivity contribution in [2.75, 3.05) is 19.6 Å². The van der Waals surface area contributed by atoms with Gasteiger partial charge in [-0.05, 0) is 38.9 Å². The molecule has 0 amide bonds. The lowest BCUT2D eigenvalue weighted by molar-refractivity contribution is 0.545. The monoisotopic (exact) mass is 242 g/mol. The van der Waals surface area contributed by atoms with Crippen LogP contribution in [0.3, 0.4) is 0 Å². The Morgan fingerprint density at radius 2 is 1.12 bits per heavy atom. The van der Waals surface area contributed by atoms with E-state index in [0.717, 1.165) is 6.54 Å². The molecule has 3 N–H and O–H groups in total. The zero-order valence-corrected chi connectivity index (χ0v) is 12.0. The molecule has 0 aliphatic carbocycles. The second-order valence-electron chi connectivity index (χ2n) is 5.07. The van der Waals surface area contributed by atoms with Gasteiger partial charge in [0.25, 0.3) is 0 Å². The summed E-state index contributed by atoms with van der Waals surface area (Å²) in [7, 11) is 0. The summed E-state index contributed by atoms with van der Waals surface area (Å²) in [5.41, 5.74) is 5.46. The quantitative estimate of drug-likeness (QED) is 0.454. The second-order valence-corrected chi connectivity index (χ2v) is 5.07. The molecule has 0 spiro atoms. The van der Waals surface area contributed by atoms with Crippen LogP contribution in [0.25, 0.3) is 0 Å². The van der Waals surface area contributed by atoms with Crippen molar-refractivity contribution in [1.29, 1.82) is 0 Å². The van der Waals surface area contributed by atoms with Crippen molar-refractivity contribution in [1.82, 2.24) is 5.32 Å². The molecule has 0 aliphatic rings. The Labute approximate surface area is 109 Å². The largest absolute Gasteiger partial charge is 0.330 e. The highest BCUT2D eigenvalue weighted by Crippen LogP contribution is 2.04. The summed E-state index contributed by atoms with van der Waals surface area (Å²) in [5, 5.41) is 3.54. The number of nitrogens with two attached hydrogens (primary N) is 1. The maximum absolute atomic E-state index is 5.46. The highest BCUT2D eigenvalue weighted by Gasteiger charge is 1.92. The average molecular weight is 242 g/mol. The summed E-state index contributed by atoms with van der Waals surface area (Å²) in [5.74, 6) is 0. The first-order valence-electron chi connectivity index (χ1n) is 7.82. The maximum atomic E-state index is 5.46. The van der Waals surface area contributed by atoms with Crippen LogP contribution in [-0.4, -0.2) is 19.6 Å². The number of hydrogen-bond acceptors (Lipinski definition) is 2. The van der Waals surface area contributed by atoms with E-state index in [1.807, 2.05) is 0 Å². The second kappa shape index (κ2) is 15.9. The Kier molecular flexibility index (Phi) is 15.8. The van der Waals surface area contributed by atoms with Gasteiger partial charge in [-0.15, -0.1) is 0 Å². The van der Waals surface area contributed by atoms with Gasteiger partial charge in [-0.25, -0.2) is 0 Å². The van der Waals surface area contributed by atoms with Crippen LogP contribution in [0, 0.1) is 0 Å². The van der Waals surface area contributed by atoms with Crippen molar-refractivity contribution >= 4 is 0 Å². The van der Waals surface area contributed by atoms with Crippen LogP contribution in [-0.2, 0) is 0 Å². The summed E-state index contributed by atoms with van der Waals surface area (Å²) in [6, 6.07) is 0. The van der Waals surface area contributed by atoms with Crippen molar-refractivity contribution in [3.8, 4) is 0 Å². The van der Waals surface area contributed by atoms with Crippen molar-refractivity contribution in [3.63, 3.8) is 0 Å². The molecule has 0 atom stereocenters. The molecule has 2 nitrogen and oxygen atoms in total. The highest BCUT2D eigenvalue weighted by atomic mass is 14.8. The van der Waals surface area contributed by atoms with E-state index in [0.29, 0.717) is 0 Å². The van der Waals surface area contributed by atoms with Gasteiger partial charge in [-0.3, -0.25) is 0 Å². The first kappa shape index (κ1) is 16.9. The zero-order valence-electron chi connectivity index (χ0n) is 12.0. The topological polar surface area (TPSA) is 38.0 Å². The van der Waals surface area contributed by atoms with Crippen molar-refractivity contribution < 1.29 is 0 Å². The lowest BCUT2D eigenvalue weighted by Gasteiger charge is -2.04. The normalized spacial score (nSPS) is 10.9.